The fourth-order valence-electron chi connectivity index (χ4n) is 2.89. The van der Waals surface area contributed by atoms with Gasteiger partial charge in [0.05, 0.1) is 22.5 Å². The van der Waals surface area contributed by atoms with Gasteiger partial charge in [-0.05, 0) is 55.8 Å². The van der Waals surface area contributed by atoms with Crippen LogP contribution in [0.4, 0.5) is 5.69 Å². The SMILES string of the molecule is C[C@@H](Sc1ccc(Cl)cc1)C(=O)Nc1ccccc1C(=O)N[C@H](C)c1ccccc1. The van der Waals surface area contributed by atoms with Crippen LogP contribution in [0.5, 0.6) is 0 Å². The molecule has 0 saturated heterocycles. The van der Waals surface area contributed by atoms with Gasteiger partial charge in [-0.1, -0.05) is 54.1 Å². The Hall–Kier alpha value is -2.76. The number of nitrogens with one attached hydrogen (secondary N) is 2. The monoisotopic (exact) mass is 438 g/mol. The average Bonchev–Trinajstić information content (AvgIpc) is 2.76. The molecule has 0 aliphatic rings. The van der Waals surface area contributed by atoms with Crippen LogP contribution >= 0.6 is 23.4 Å². The van der Waals surface area contributed by atoms with E-state index in [0.29, 0.717) is 16.3 Å². The Kier molecular flexibility index (Phi) is 7.55. The second-order valence-corrected chi connectivity index (χ2v) is 8.71. The van der Waals surface area contributed by atoms with Crippen LogP contribution in [-0.2, 0) is 4.79 Å². The number of benzene rings is 3. The molecule has 0 spiro atoms. The highest BCUT2D eigenvalue weighted by Gasteiger charge is 2.19. The zero-order valence-electron chi connectivity index (χ0n) is 16.8. The fraction of sp³-hybridized carbons (Fsp3) is 0.167. The number of halogens is 1. The van der Waals surface area contributed by atoms with Crippen molar-refractivity contribution in [1.29, 1.82) is 0 Å². The standard InChI is InChI=1S/C24H23ClN2O2S/c1-16(18-8-4-3-5-9-18)26-24(29)21-10-6-7-11-22(21)27-23(28)17(2)30-20-14-12-19(25)13-15-20/h3-17H,1-2H3,(H,26,29)(H,27,28)/t16-,17-/m1/s1. The molecule has 0 bridgehead atoms. The van der Waals surface area contributed by atoms with Gasteiger partial charge in [0.15, 0.2) is 0 Å². The van der Waals surface area contributed by atoms with Gasteiger partial charge in [-0.15, -0.1) is 11.8 Å². The number of carbonyl (C=O) groups excluding carboxylic acids is 2. The fourth-order valence-corrected chi connectivity index (χ4v) is 3.89. The number of hydrogen-bond donors (Lipinski definition) is 2. The molecule has 3 aromatic carbocycles. The topological polar surface area (TPSA) is 58.2 Å². The van der Waals surface area contributed by atoms with Crippen molar-refractivity contribution in [3.05, 3.63) is 95.0 Å². The van der Waals surface area contributed by atoms with E-state index in [9.17, 15) is 9.59 Å². The van der Waals surface area contributed by atoms with E-state index in [-0.39, 0.29) is 23.1 Å². The zero-order valence-corrected chi connectivity index (χ0v) is 18.3. The summed E-state index contributed by atoms with van der Waals surface area (Å²) in [6.07, 6.45) is 0. The molecule has 0 unspecified atom stereocenters. The van der Waals surface area contributed by atoms with Gasteiger partial charge >= 0.3 is 0 Å². The smallest absolute Gasteiger partial charge is 0.253 e. The van der Waals surface area contributed by atoms with Gasteiger partial charge in [0.25, 0.3) is 5.91 Å². The maximum atomic E-state index is 12.8. The van der Waals surface area contributed by atoms with Gasteiger partial charge in [0, 0.05) is 9.92 Å². The van der Waals surface area contributed by atoms with Gasteiger partial charge < -0.3 is 10.6 Å². The van der Waals surface area contributed by atoms with Gasteiger partial charge in [-0.2, -0.15) is 0 Å². The highest BCUT2D eigenvalue weighted by molar-refractivity contribution is 8.00. The van der Waals surface area contributed by atoms with Crippen LogP contribution in [0.25, 0.3) is 0 Å². The van der Waals surface area contributed by atoms with Crippen molar-refractivity contribution in [3.63, 3.8) is 0 Å². The Morgan fingerprint density at radius 3 is 2.20 bits per heavy atom. The van der Waals surface area contributed by atoms with E-state index in [1.54, 1.807) is 36.4 Å². The first-order chi connectivity index (χ1) is 14.4. The summed E-state index contributed by atoms with van der Waals surface area (Å²) in [6.45, 7) is 3.76. The predicted octanol–water partition coefficient (Wildman–Crippen LogP) is 5.95. The summed E-state index contributed by atoms with van der Waals surface area (Å²) in [5.41, 5.74) is 1.93. The molecular formula is C24H23ClN2O2S. The molecule has 3 rings (SSSR count). The summed E-state index contributed by atoms with van der Waals surface area (Å²) in [5.74, 6) is -0.411. The van der Waals surface area contributed by atoms with Crippen LogP contribution in [-0.4, -0.2) is 17.1 Å². The number of anilines is 1. The number of rotatable bonds is 7. The van der Waals surface area contributed by atoms with Crippen molar-refractivity contribution in [3.8, 4) is 0 Å². The van der Waals surface area contributed by atoms with Crippen LogP contribution in [0.15, 0.2) is 83.8 Å². The highest BCUT2D eigenvalue weighted by Crippen LogP contribution is 2.26. The number of thioether (sulfide) groups is 1. The Balaban J connectivity index is 1.67. The Morgan fingerprint density at radius 1 is 0.867 bits per heavy atom. The molecule has 0 heterocycles. The van der Waals surface area contributed by atoms with Crippen LogP contribution in [0.3, 0.4) is 0 Å². The molecule has 4 nitrogen and oxygen atoms in total. The maximum absolute atomic E-state index is 12.8. The van der Waals surface area contributed by atoms with Crippen molar-refractivity contribution < 1.29 is 9.59 Å². The summed E-state index contributed by atoms with van der Waals surface area (Å²) in [5, 5.41) is 6.19. The van der Waals surface area contributed by atoms with E-state index in [4.69, 9.17) is 11.6 Å². The Labute approximate surface area is 186 Å². The molecule has 0 aliphatic heterocycles. The Morgan fingerprint density at radius 2 is 1.50 bits per heavy atom. The maximum Gasteiger partial charge on any atom is 0.253 e. The number of carbonyl (C=O) groups is 2. The minimum Gasteiger partial charge on any atom is -0.345 e. The van der Waals surface area contributed by atoms with Gasteiger partial charge in [-0.25, -0.2) is 0 Å². The molecule has 0 aromatic heterocycles. The third kappa shape index (κ3) is 5.88. The van der Waals surface area contributed by atoms with Crippen LogP contribution in [0, 0.1) is 0 Å². The first kappa shape index (κ1) is 21.9. The summed E-state index contributed by atoms with van der Waals surface area (Å²) >= 11 is 7.34. The van der Waals surface area contributed by atoms with E-state index in [1.807, 2.05) is 56.3 Å². The summed E-state index contributed by atoms with van der Waals surface area (Å²) in [6, 6.07) is 24.0. The minimum atomic E-state index is -0.342. The lowest BCUT2D eigenvalue weighted by molar-refractivity contribution is -0.115. The summed E-state index contributed by atoms with van der Waals surface area (Å²) in [7, 11) is 0. The van der Waals surface area contributed by atoms with E-state index in [1.165, 1.54) is 11.8 Å². The van der Waals surface area contributed by atoms with Crippen molar-refractivity contribution in [2.24, 2.45) is 0 Å². The summed E-state index contributed by atoms with van der Waals surface area (Å²) < 4.78 is 0. The Bertz CT molecular complexity index is 1010. The molecular weight excluding hydrogens is 416 g/mol. The minimum absolute atomic E-state index is 0.151. The van der Waals surface area contributed by atoms with Crippen molar-refractivity contribution in [2.75, 3.05) is 5.32 Å². The predicted molar refractivity (Wildman–Crippen MR) is 124 cm³/mol. The van der Waals surface area contributed by atoms with Gasteiger partial charge in [0.1, 0.15) is 0 Å². The first-order valence-corrected chi connectivity index (χ1v) is 10.9. The largest absolute Gasteiger partial charge is 0.345 e. The van der Waals surface area contributed by atoms with E-state index >= 15 is 0 Å². The van der Waals surface area contributed by atoms with Crippen LogP contribution in [0.1, 0.15) is 35.8 Å². The van der Waals surface area contributed by atoms with Gasteiger partial charge in [-0.3, -0.25) is 9.59 Å². The van der Waals surface area contributed by atoms with E-state index in [0.717, 1.165) is 10.5 Å². The normalized spacial score (nSPS) is 12.6. The van der Waals surface area contributed by atoms with Crippen molar-refractivity contribution in [2.45, 2.75) is 30.0 Å². The molecule has 2 N–H and O–H groups in total. The third-order valence-corrected chi connectivity index (χ3v) is 5.94. The number of hydrogen-bond acceptors (Lipinski definition) is 3. The molecule has 2 atom stereocenters. The lowest BCUT2D eigenvalue weighted by Gasteiger charge is -2.17. The number of para-hydroxylation sites is 1. The molecule has 30 heavy (non-hydrogen) atoms. The highest BCUT2D eigenvalue weighted by atomic mass is 35.5. The van der Waals surface area contributed by atoms with Crippen LogP contribution < -0.4 is 10.6 Å². The lowest BCUT2D eigenvalue weighted by atomic mass is 10.1. The zero-order chi connectivity index (χ0) is 21.5. The third-order valence-electron chi connectivity index (χ3n) is 4.57. The molecule has 0 saturated carbocycles. The lowest BCUT2D eigenvalue weighted by Crippen LogP contribution is -2.29. The molecule has 0 fully saturated rings. The molecule has 3 aromatic rings. The summed E-state index contributed by atoms with van der Waals surface area (Å²) in [4.78, 5) is 26.5. The molecule has 0 radical (unpaired) electrons. The number of amides is 2. The molecule has 154 valence electrons. The van der Waals surface area contributed by atoms with E-state index < -0.39 is 0 Å². The quantitative estimate of drug-likeness (QED) is 0.448. The molecule has 6 heteroatoms. The first-order valence-electron chi connectivity index (χ1n) is 9.62. The second kappa shape index (κ2) is 10.3. The second-order valence-electron chi connectivity index (χ2n) is 6.85. The molecule has 0 aliphatic carbocycles. The van der Waals surface area contributed by atoms with Crippen LogP contribution in [0.2, 0.25) is 5.02 Å². The van der Waals surface area contributed by atoms with E-state index in [2.05, 4.69) is 10.6 Å². The average molecular weight is 439 g/mol. The molecule has 2 amide bonds. The van der Waals surface area contributed by atoms with Crippen molar-refractivity contribution in [1.82, 2.24) is 5.32 Å². The van der Waals surface area contributed by atoms with Gasteiger partial charge in [0.2, 0.25) is 5.91 Å². The van der Waals surface area contributed by atoms with Crippen molar-refractivity contribution >= 4 is 40.9 Å².